The third-order valence-electron chi connectivity index (χ3n) is 1.80. The second kappa shape index (κ2) is 4.06. The molecule has 5 nitrogen and oxygen atoms in total. The van der Waals surface area contributed by atoms with Crippen molar-refractivity contribution in [2.24, 2.45) is 5.73 Å². The summed E-state index contributed by atoms with van der Waals surface area (Å²) in [7, 11) is 1.54. The van der Waals surface area contributed by atoms with Gasteiger partial charge >= 0.3 is 0 Å². The molecule has 0 radical (unpaired) electrons. The third-order valence-corrected chi connectivity index (χ3v) is 1.80. The lowest BCUT2D eigenvalue weighted by atomic mass is 10.1. The van der Waals surface area contributed by atoms with Crippen molar-refractivity contribution in [1.29, 1.82) is 0 Å². The molecule has 0 aromatic carbocycles. The maximum Gasteiger partial charge on any atom is 0.252 e. The Labute approximate surface area is 82.1 Å². The van der Waals surface area contributed by atoms with Crippen LogP contribution in [0, 0.1) is 6.92 Å². The average molecular weight is 195 g/mol. The number of aryl methyl sites for hydroxylation is 1. The van der Waals surface area contributed by atoms with Crippen LogP contribution in [0.2, 0.25) is 0 Å². The topological polar surface area (TPSA) is 91.2 Å². The van der Waals surface area contributed by atoms with Gasteiger partial charge < -0.3 is 16.2 Å². The Morgan fingerprint density at radius 1 is 1.64 bits per heavy atom. The molecule has 0 aliphatic carbocycles. The van der Waals surface area contributed by atoms with E-state index in [0.717, 1.165) is 5.69 Å². The zero-order valence-corrected chi connectivity index (χ0v) is 8.20. The normalized spacial score (nSPS) is 10.1. The smallest absolute Gasteiger partial charge is 0.252 e. The van der Waals surface area contributed by atoms with E-state index >= 15 is 0 Å². The summed E-state index contributed by atoms with van der Waals surface area (Å²) < 4.78 is 4.94. The molecule has 1 rings (SSSR count). The molecule has 0 saturated heterocycles. The molecule has 0 fully saturated rings. The fourth-order valence-corrected chi connectivity index (χ4v) is 1.32. The van der Waals surface area contributed by atoms with Gasteiger partial charge in [-0.05, 0) is 18.6 Å². The molecule has 0 atom stereocenters. The van der Waals surface area contributed by atoms with Gasteiger partial charge in [-0.15, -0.1) is 0 Å². The second-order valence-electron chi connectivity index (χ2n) is 2.98. The Hall–Kier alpha value is -1.62. The highest BCUT2D eigenvalue weighted by Crippen LogP contribution is 2.16. The molecule has 5 heteroatoms. The minimum atomic E-state index is -0.581. The monoisotopic (exact) mass is 195 g/mol. The summed E-state index contributed by atoms with van der Waals surface area (Å²) >= 11 is 0. The first kappa shape index (κ1) is 10.5. The van der Waals surface area contributed by atoms with Gasteiger partial charge in [-0.25, -0.2) is 4.98 Å². The van der Waals surface area contributed by atoms with Gasteiger partial charge in [0, 0.05) is 12.8 Å². The van der Waals surface area contributed by atoms with Crippen LogP contribution in [0.3, 0.4) is 0 Å². The third kappa shape index (κ3) is 2.00. The van der Waals surface area contributed by atoms with Crippen LogP contribution >= 0.6 is 0 Å². The number of rotatable bonds is 3. The van der Waals surface area contributed by atoms with Gasteiger partial charge in [-0.3, -0.25) is 4.79 Å². The van der Waals surface area contributed by atoms with E-state index < -0.39 is 5.91 Å². The van der Waals surface area contributed by atoms with Crippen molar-refractivity contribution in [2.75, 3.05) is 12.8 Å². The van der Waals surface area contributed by atoms with Gasteiger partial charge in [-0.1, -0.05) is 0 Å². The maximum atomic E-state index is 11.1. The van der Waals surface area contributed by atoms with Crippen molar-refractivity contribution < 1.29 is 9.53 Å². The van der Waals surface area contributed by atoms with Crippen LogP contribution in [0.25, 0.3) is 0 Å². The number of ether oxygens (including phenoxy) is 1. The van der Waals surface area contributed by atoms with Crippen molar-refractivity contribution in [3.05, 3.63) is 22.9 Å². The lowest BCUT2D eigenvalue weighted by Crippen LogP contribution is -2.18. The predicted octanol–water partition coefficient (Wildman–Crippen LogP) is 0.218. The molecule has 0 aliphatic heterocycles. The number of carbonyl (C=O) groups excluding carboxylic acids is 1. The fourth-order valence-electron chi connectivity index (χ4n) is 1.32. The lowest BCUT2D eigenvalue weighted by molar-refractivity contribution is 0.0996. The molecule has 0 bridgehead atoms. The van der Waals surface area contributed by atoms with Crippen molar-refractivity contribution in [3.8, 4) is 0 Å². The SMILES string of the molecule is COCc1cc(C)nc(N)c1C(N)=O. The highest BCUT2D eigenvalue weighted by molar-refractivity contribution is 5.98. The summed E-state index contributed by atoms with van der Waals surface area (Å²) in [4.78, 5) is 15.0. The number of primary amides is 1. The van der Waals surface area contributed by atoms with Crippen LogP contribution in [0.4, 0.5) is 5.82 Å². The summed E-state index contributed by atoms with van der Waals surface area (Å²) in [5.41, 5.74) is 12.4. The summed E-state index contributed by atoms with van der Waals surface area (Å²) in [6.45, 7) is 2.09. The number of amides is 1. The molecule has 1 amide bonds. The Morgan fingerprint density at radius 3 is 2.79 bits per heavy atom. The maximum absolute atomic E-state index is 11.1. The Balaban J connectivity index is 3.28. The zero-order chi connectivity index (χ0) is 10.7. The molecule has 76 valence electrons. The molecule has 14 heavy (non-hydrogen) atoms. The van der Waals surface area contributed by atoms with Crippen molar-refractivity contribution >= 4 is 11.7 Å². The van der Waals surface area contributed by atoms with Crippen LogP contribution < -0.4 is 11.5 Å². The number of hydrogen-bond donors (Lipinski definition) is 2. The minimum Gasteiger partial charge on any atom is -0.383 e. The molecule has 4 N–H and O–H groups in total. The predicted molar refractivity (Wildman–Crippen MR) is 52.6 cm³/mol. The van der Waals surface area contributed by atoms with Crippen LogP contribution in [0.15, 0.2) is 6.07 Å². The van der Waals surface area contributed by atoms with Crippen LogP contribution in [0.5, 0.6) is 0 Å². The van der Waals surface area contributed by atoms with Crippen molar-refractivity contribution in [1.82, 2.24) is 4.98 Å². The van der Waals surface area contributed by atoms with Crippen LogP contribution in [-0.2, 0) is 11.3 Å². The Bertz CT molecular complexity index is 363. The first-order valence-electron chi connectivity index (χ1n) is 4.11. The van der Waals surface area contributed by atoms with Gasteiger partial charge in [0.05, 0.1) is 12.2 Å². The lowest BCUT2D eigenvalue weighted by Gasteiger charge is -2.09. The van der Waals surface area contributed by atoms with E-state index in [4.69, 9.17) is 16.2 Å². The number of nitrogens with two attached hydrogens (primary N) is 2. The standard InChI is InChI=1S/C9H13N3O2/c1-5-3-6(4-14-2)7(9(11)13)8(10)12-5/h3H,4H2,1-2H3,(H2,10,12)(H2,11,13). The fraction of sp³-hybridized carbons (Fsp3) is 0.333. The zero-order valence-electron chi connectivity index (χ0n) is 8.20. The average Bonchev–Trinajstić information content (AvgIpc) is 2.01. The summed E-state index contributed by atoms with van der Waals surface area (Å²) in [5.74, 6) is -0.424. The van der Waals surface area contributed by atoms with E-state index in [1.165, 1.54) is 7.11 Å². The first-order valence-corrected chi connectivity index (χ1v) is 4.11. The highest BCUT2D eigenvalue weighted by atomic mass is 16.5. The van der Waals surface area contributed by atoms with Gasteiger partial charge in [0.15, 0.2) is 0 Å². The quantitative estimate of drug-likeness (QED) is 0.721. The minimum absolute atomic E-state index is 0.157. The Morgan fingerprint density at radius 2 is 2.29 bits per heavy atom. The van der Waals surface area contributed by atoms with Gasteiger partial charge in [0.2, 0.25) is 0 Å². The molecule has 0 saturated carbocycles. The molecule has 0 spiro atoms. The van der Waals surface area contributed by atoms with E-state index in [2.05, 4.69) is 4.98 Å². The molecular formula is C9H13N3O2. The Kier molecular flexibility index (Phi) is 3.03. The van der Waals surface area contributed by atoms with E-state index in [-0.39, 0.29) is 11.4 Å². The van der Waals surface area contributed by atoms with Gasteiger partial charge in [0.1, 0.15) is 5.82 Å². The number of anilines is 1. The van der Waals surface area contributed by atoms with E-state index in [1.807, 2.05) is 0 Å². The van der Waals surface area contributed by atoms with E-state index in [9.17, 15) is 4.79 Å². The van der Waals surface area contributed by atoms with Gasteiger partial charge in [-0.2, -0.15) is 0 Å². The second-order valence-corrected chi connectivity index (χ2v) is 2.98. The number of nitrogens with zero attached hydrogens (tertiary/aromatic N) is 1. The summed E-state index contributed by atoms with van der Waals surface area (Å²) in [6.07, 6.45) is 0. The van der Waals surface area contributed by atoms with E-state index in [1.54, 1.807) is 13.0 Å². The van der Waals surface area contributed by atoms with Crippen LogP contribution in [-0.4, -0.2) is 18.0 Å². The molecular weight excluding hydrogens is 182 g/mol. The summed E-state index contributed by atoms with van der Waals surface area (Å²) in [5, 5.41) is 0. The number of methoxy groups -OCH3 is 1. The van der Waals surface area contributed by atoms with E-state index in [0.29, 0.717) is 12.2 Å². The molecule has 1 heterocycles. The molecule has 0 aliphatic rings. The van der Waals surface area contributed by atoms with Gasteiger partial charge in [0.25, 0.3) is 5.91 Å². The number of pyridine rings is 1. The number of carbonyl (C=O) groups is 1. The van der Waals surface area contributed by atoms with Crippen molar-refractivity contribution in [2.45, 2.75) is 13.5 Å². The number of hydrogen-bond acceptors (Lipinski definition) is 4. The van der Waals surface area contributed by atoms with Crippen molar-refractivity contribution in [3.63, 3.8) is 0 Å². The highest BCUT2D eigenvalue weighted by Gasteiger charge is 2.13. The molecule has 1 aromatic rings. The number of nitrogen functional groups attached to an aromatic ring is 1. The molecule has 1 aromatic heterocycles. The number of aromatic nitrogens is 1. The first-order chi connectivity index (χ1) is 6.56. The molecule has 0 unspecified atom stereocenters. The van der Waals surface area contributed by atoms with Crippen LogP contribution in [0.1, 0.15) is 21.6 Å². The summed E-state index contributed by atoms with van der Waals surface area (Å²) in [6, 6.07) is 1.74. The largest absolute Gasteiger partial charge is 0.383 e.